The third kappa shape index (κ3) is 3.45. The Hall–Kier alpha value is -2.87. The van der Waals surface area contributed by atoms with E-state index in [1.165, 1.54) is 0 Å². The molecule has 3 aromatic heterocycles. The zero-order valence-corrected chi connectivity index (χ0v) is 17.2. The van der Waals surface area contributed by atoms with Crippen LogP contribution in [0.3, 0.4) is 0 Å². The standard InChI is InChI=1S/C21H22ClN5O3/c1-10-8-23-18-14(10)6-12(9-24-18)17-15(22)7-16-19(26-17)27-21(25-16)30-13-4-2-11(3-5-13)20(28)29/h6-7,9-11,13H,2-5,8H2,1H3,(H,23,24)(H,28,29)(H,25,26,27). The van der Waals surface area contributed by atoms with Crippen LogP contribution in [0.5, 0.6) is 6.01 Å². The number of hydrogen-bond acceptors (Lipinski definition) is 6. The van der Waals surface area contributed by atoms with Crippen LogP contribution in [0.2, 0.25) is 5.02 Å². The van der Waals surface area contributed by atoms with Crippen LogP contribution in [-0.4, -0.2) is 43.7 Å². The third-order valence-electron chi connectivity index (χ3n) is 6.00. The van der Waals surface area contributed by atoms with Crippen LogP contribution in [-0.2, 0) is 4.79 Å². The summed E-state index contributed by atoms with van der Waals surface area (Å²) in [6, 6.07) is 4.27. The molecule has 1 fully saturated rings. The van der Waals surface area contributed by atoms with Crippen molar-refractivity contribution >= 4 is 34.6 Å². The number of anilines is 1. The highest BCUT2D eigenvalue weighted by Gasteiger charge is 2.27. The third-order valence-corrected chi connectivity index (χ3v) is 6.29. The number of ether oxygens (including phenoxy) is 1. The molecule has 9 heteroatoms. The number of aliphatic carboxylic acids is 1. The molecule has 8 nitrogen and oxygen atoms in total. The lowest BCUT2D eigenvalue weighted by atomic mass is 9.87. The maximum Gasteiger partial charge on any atom is 0.306 e. The quantitative estimate of drug-likeness (QED) is 0.571. The van der Waals surface area contributed by atoms with E-state index in [1.807, 2.05) is 0 Å². The minimum absolute atomic E-state index is 0.0500. The van der Waals surface area contributed by atoms with E-state index >= 15 is 0 Å². The molecule has 0 spiro atoms. The van der Waals surface area contributed by atoms with Crippen molar-refractivity contribution in [2.45, 2.75) is 44.6 Å². The Morgan fingerprint density at radius 3 is 2.80 bits per heavy atom. The Bertz CT molecular complexity index is 1120. The van der Waals surface area contributed by atoms with Gasteiger partial charge in [-0.15, -0.1) is 0 Å². The molecule has 2 aliphatic rings. The predicted molar refractivity (Wildman–Crippen MR) is 113 cm³/mol. The molecule has 5 rings (SSSR count). The van der Waals surface area contributed by atoms with E-state index in [2.05, 4.69) is 38.2 Å². The lowest BCUT2D eigenvalue weighted by Gasteiger charge is -2.25. The molecule has 3 aromatic rings. The van der Waals surface area contributed by atoms with Gasteiger partial charge in [0.2, 0.25) is 0 Å². The molecule has 0 amide bonds. The smallest absolute Gasteiger partial charge is 0.306 e. The van der Waals surface area contributed by atoms with Gasteiger partial charge in [0, 0.05) is 24.2 Å². The number of carboxylic acid groups (broad SMARTS) is 1. The van der Waals surface area contributed by atoms with Gasteiger partial charge < -0.3 is 20.1 Å². The second-order valence-electron chi connectivity index (χ2n) is 8.11. The van der Waals surface area contributed by atoms with E-state index in [1.54, 1.807) is 12.3 Å². The van der Waals surface area contributed by atoms with Crippen LogP contribution in [0.25, 0.3) is 22.4 Å². The van der Waals surface area contributed by atoms with Gasteiger partial charge in [-0.1, -0.05) is 18.5 Å². The van der Waals surface area contributed by atoms with E-state index in [-0.39, 0.29) is 12.0 Å². The summed E-state index contributed by atoms with van der Waals surface area (Å²) in [6.45, 7) is 3.03. The first-order valence-electron chi connectivity index (χ1n) is 10.2. The number of H-pyrrole nitrogens is 1. The normalized spacial score (nSPS) is 23.2. The van der Waals surface area contributed by atoms with Crippen LogP contribution < -0.4 is 10.1 Å². The van der Waals surface area contributed by atoms with Crippen molar-refractivity contribution in [1.29, 1.82) is 0 Å². The minimum atomic E-state index is -0.727. The van der Waals surface area contributed by atoms with Gasteiger partial charge in [-0.2, -0.15) is 4.98 Å². The van der Waals surface area contributed by atoms with Crippen molar-refractivity contribution in [1.82, 2.24) is 19.9 Å². The maximum absolute atomic E-state index is 11.1. The molecule has 30 heavy (non-hydrogen) atoms. The zero-order valence-electron chi connectivity index (χ0n) is 16.5. The number of halogens is 1. The first-order valence-corrected chi connectivity index (χ1v) is 10.6. The van der Waals surface area contributed by atoms with Gasteiger partial charge in [-0.05, 0) is 43.4 Å². The summed E-state index contributed by atoms with van der Waals surface area (Å²) in [4.78, 5) is 27.9. The number of rotatable bonds is 4. The number of aromatic amines is 1. The fourth-order valence-corrected chi connectivity index (χ4v) is 4.49. The summed E-state index contributed by atoms with van der Waals surface area (Å²) in [5.41, 5.74) is 3.87. The van der Waals surface area contributed by atoms with E-state index < -0.39 is 5.97 Å². The number of pyridine rings is 2. The molecule has 0 saturated heterocycles. The molecule has 156 valence electrons. The van der Waals surface area contributed by atoms with Crippen molar-refractivity contribution in [2.75, 3.05) is 11.9 Å². The molecule has 1 atom stereocenters. The molecule has 1 aliphatic heterocycles. The Morgan fingerprint density at radius 2 is 2.03 bits per heavy atom. The molecule has 0 bridgehead atoms. The Kier molecular flexibility index (Phi) is 4.73. The minimum Gasteiger partial charge on any atom is -0.481 e. The Morgan fingerprint density at radius 1 is 1.23 bits per heavy atom. The summed E-state index contributed by atoms with van der Waals surface area (Å²) >= 11 is 6.52. The van der Waals surface area contributed by atoms with Crippen molar-refractivity contribution in [3.05, 3.63) is 28.9 Å². The number of aromatic nitrogens is 4. The zero-order chi connectivity index (χ0) is 20.8. The number of nitrogens with one attached hydrogen (secondary N) is 2. The van der Waals surface area contributed by atoms with Crippen LogP contribution in [0.4, 0.5) is 5.82 Å². The molecule has 0 radical (unpaired) electrons. The molecule has 1 unspecified atom stereocenters. The fraction of sp³-hybridized carbons (Fsp3) is 0.429. The molecular formula is C21H22ClN5O3. The highest BCUT2D eigenvalue weighted by Crippen LogP contribution is 2.35. The largest absolute Gasteiger partial charge is 0.481 e. The summed E-state index contributed by atoms with van der Waals surface area (Å²) < 4.78 is 5.97. The lowest BCUT2D eigenvalue weighted by molar-refractivity contribution is -0.143. The maximum atomic E-state index is 11.1. The number of carboxylic acids is 1. The van der Waals surface area contributed by atoms with Crippen LogP contribution in [0.15, 0.2) is 18.3 Å². The molecule has 0 aromatic carbocycles. The van der Waals surface area contributed by atoms with Gasteiger partial charge in [-0.25, -0.2) is 9.97 Å². The summed E-state index contributed by atoms with van der Waals surface area (Å²) in [5, 5.41) is 12.9. The average molecular weight is 428 g/mol. The Labute approximate surface area is 178 Å². The molecular weight excluding hydrogens is 406 g/mol. The average Bonchev–Trinajstić information content (AvgIpc) is 3.30. The van der Waals surface area contributed by atoms with E-state index in [4.69, 9.17) is 21.4 Å². The second-order valence-corrected chi connectivity index (χ2v) is 8.51. The highest BCUT2D eigenvalue weighted by atomic mass is 35.5. The van der Waals surface area contributed by atoms with E-state index in [0.717, 1.165) is 23.5 Å². The number of fused-ring (bicyclic) bond motifs is 2. The van der Waals surface area contributed by atoms with Gasteiger partial charge in [0.05, 0.1) is 22.2 Å². The topological polar surface area (TPSA) is 113 Å². The highest BCUT2D eigenvalue weighted by molar-refractivity contribution is 6.33. The monoisotopic (exact) mass is 427 g/mol. The first kappa shape index (κ1) is 19.1. The van der Waals surface area contributed by atoms with E-state index in [0.29, 0.717) is 59.5 Å². The van der Waals surface area contributed by atoms with Crippen molar-refractivity contribution in [2.24, 2.45) is 5.92 Å². The molecule has 4 heterocycles. The fourth-order valence-electron chi connectivity index (χ4n) is 4.23. The van der Waals surface area contributed by atoms with Crippen molar-refractivity contribution in [3.63, 3.8) is 0 Å². The first-order chi connectivity index (χ1) is 14.5. The van der Waals surface area contributed by atoms with Gasteiger partial charge in [0.15, 0.2) is 5.65 Å². The van der Waals surface area contributed by atoms with Crippen LogP contribution in [0, 0.1) is 5.92 Å². The van der Waals surface area contributed by atoms with Crippen molar-refractivity contribution < 1.29 is 14.6 Å². The summed E-state index contributed by atoms with van der Waals surface area (Å²) in [5.74, 6) is 0.297. The van der Waals surface area contributed by atoms with Gasteiger partial charge in [0.25, 0.3) is 6.01 Å². The number of imidazole rings is 1. The van der Waals surface area contributed by atoms with Crippen molar-refractivity contribution in [3.8, 4) is 17.3 Å². The number of nitrogens with zero attached hydrogens (tertiary/aromatic N) is 3. The molecule has 3 N–H and O–H groups in total. The van der Waals surface area contributed by atoms with E-state index in [9.17, 15) is 4.79 Å². The van der Waals surface area contributed by atoms with Gasteiger partial charge in [-0.3, -0.25) is 4.79 Å². The van der Waals surface area contributed by atoms with Gasteiger partial charge >= 0.3 is 5.97 Å². The van der Waals surface area contributed by atoms with Crippen LogP contribution in [0.1, 0.15) is 44.1 Å². The van der Waals surface area contributed by atoms with Gasteiger partial charge in [0.1, 0.15) is 11.9 Å². The molecule has 1 aliphatic carbocycles. The number of hydrogen-bond donors (Lipinski definition) is 3. The SMILES string of the molecule is CC1CNc2ncc(-c3nc4nc(OC5CCC(C(=O)O)CC5)[nH]c4cc3Cl)cc21. The van der Waals surface area contributed by atoms with Crippen LogP contribution >= 0.6 is 11.6 Å². The summed E-state index contributed by atoms with van der Waals surface area (Å²) in [7, 11) is 0. The lowest BCUT2D eigenvalue weighted by Crippen LogP contribution is -2.28. The summed E-state index contributed by atoms with van der Waals surface area (Å²) in [6.07, 6.45) is 4.35. The number of carbonyl (C=O) groups is 1. The predicted octanol–water partition coefficient (Wildman–Crippen LogP) is 4.22. The molecule has 1 saturated carbocycles. The second kappa shape index (κ2) is 7.43. The Balaban J connectivity index is 1.39.